The highest BCUT2D eigenvalue weighted by Gasteiger charge is 2.31. The summed E-state index contributed by atoms with van der Waals surface area (Å²) in [5.74, 6) is -1.34. The minimum Gasteiger partial charge on any atom is -0.387 e. The largest absolute Gasteiger partial charge is 0.387 e. The number of aryl methyl sites for hydroxylation is 2. The van der Waals surface area contributed by atoms with E-state index >= 15 is 0 Å². The minimum atomic E-state index is -0.956. The Hall–Kier alpha value is -1.79. The lowest BCUT2D eigenvalue weighted by atomic mass is 10.0. The third-order valence-electron chi connectivity index (χ3n) is 4.08. The number of benzene rings is 1. The third kappa shape index (κ3) is 2.89. The molecule has 4 nitrogen and oxygen atoms in total. The molecule has 6 heteroatoms. The lowest BCUT2D eigenvalue weighted by Gasteiger charge is -2.40. The molecule has 1 atom stereocenters. The van der Waals surface area contributed by atoms with Crippen molar-refractivity contribution in [1.29, 1.82) is 0 Å². The lowest BCUT2D eigenvalue weighted by molar-refractivity contribution is 0.0380. The summed E-state index contributed by atoms with van der Waals surface area (Å²) in [5.41, 5.74) is 2.24. The molecule has 118 valence electrons. The lowest BCUT2D eigenvalue weighted by Crippen LogP contribution is -2.49. The van der Waals surface area contributed by atoms with Gasteiger partial charge in [0.1, 0.15) is 11.6 Å². The van der Waals surface area contributed by atoms with E-state index in [2.05, 4.69) is 5.10 Å². The number of halogens is 2. The van der Waals surface area contributed by atoms with Crippen LogP contribution in [0.15, 0.2) is 24.3 Å². The van der Waals surface area contributed by atoms with E-state index in [0.717, 1.165) is 36.6 Å². The zero-order chi connectivity index (χ0) is 15.9. The molecule has 1 aliphatic heterocycles. The Kier molecular flexibility index (Phi) is 3.97. The van der Waals surface area contributed by atoms with E-state index in [-0.39, 0.29) is 5.56 Å². The van der Waals surface area contributed by atoms with Crippen molar-refractivity contribution >= 4 is 0 Å². The van der Waals surface area contributed by atoms with Gasteiger partial charge in [-0.25, -0.2) is 8.78 Å². The molecule has 0 amide bonds. The van der Waals surface area contributed by atoms with Crippen LogP contribution in [0, 0.1) is 25.5 Å². The van der Waals surface area contributed by atoms with Crippen molar-refractivity contribution in [2.45, 2.75) is 26.0 Å². The second-order valence-electron chi connectivity index (χ2n) is 5.93. The molecule has 2 heterocycles. The first-order chi connectivity index (χ1) is 10.4. The van der Waals surface area contributed by atoms with Gasteiger partial charge in [-0.15, -0.1) is 0 Å². The summed E-state index contributed by atoms with van der Waals surface area (Å²) < 4.78 is 28.5. The standard InChI is InChI=1S/C16H19F2N3O/c1-10-5-11(2)21(19-10)13-7-20(8-13)9-16(22)14-4-3-12(17)6-15(14)18/h3-6,13,16,22H,7-9H2,1-2H3. The Bertz CT molecular complexity index is 680. The van der Waals surface area contributed by atoms with Crippen LogP contribution in [0.5, 0.6) is 0 Å². The highest BCUT2D eigenvalue weighted by Crippen LogP contribution is 2.26. The number of rotatable bonds is 4. The van der Waals surface area contributed by atoms with E-state index < -0.39 is 17.7 Å². The molecule has 0 radical (unpaired) electrons. The molecule has 0 aliphatic carbocycles. The van der Waals surface area contributed by atoms with E-state index in [1.807, 2.05) is 29.5 Å². The van der Waals surface area contributed by atoms with Gasteiger partial charge in [0.2, 0.25) is 0 Å². The SMILES string of the molecule is Cc1cc(C)n(C2CN(CC(O)c3ccc(F)cc3F)C2)n1. The molecule has 3 rings (SSSR count). The van der Waals surface area contributed by atoms with Crippen LogP contribution in [0.1, 0.15) is 29.1 Å². The highest BCUT2D eigenvalue weighted by molar-refractivity contribution is 5.21. The van der Waals surface area contributed by atoms with Gasteiger partial charge < -0.3 is 5.11 Å². The number of hydrogen-bond acceptors (Lipinski definition) is 3. The predicted molar refractivity (Wildman–Crippen MR) is 78.5 cm³/mol. The van der Waals surface area contributed by atoms with Crippen LogP contribution in [-0.2, 0) is 0 Å². The van der Waals surface area contributed by atoms with E-state index in [9.17, 15) is 13.9 Å². The zero-order valence-corrected chi connectivity index (χ0v) is 12.6. The number of aliphatic hydroxyl groups is 1. The van der Waals surface area contributed by atoms with Crippen molar-refractivity contribution in [1.82, 2.24) is 14.7 Å². The quantitative estimate of drug-likeness (QED) is 0.943. The molecule has 0 spiro atoms. The Morgan fingerprint density at radius 2 is 2.00 bits per heavy atom. The molecule has 1 fully saturated rings. The zero-order valence-electron chi connectivity index (χ0n) is 12.6. The van der Waals surface area contributed by atoms with Crippen LogP contribution >= 0.6 is 0 Å². The third-order valence-corrected chi connectivity index (χ3v) is 4.08. The summed E-state index contributed by atoms with van der Waals surface area (Å²) in [5, 5.41) is 14.6. The van der Waals surface area contributed by atoms with Gasteiger partial charge in [-0.05, 0) is 26.0 Å². The molecule has 1 aromatic carbocycles. The Morgan fingerprint density at radius 1 is 1.27 bits per heavy atom. The van der Waals surface area contributed by atoms with Gasteiger partial charge in [-0.3, -0.25) is 9.58 Å². The molecule has 1 N–H and O–H groups in total. The molecule has 0 saturated carbocycles. The molecule has 0 bridgehead atoms. The van der Waals surface area contributed by atoms with Crippen LogP contribution in [0.25, 0.3) is 0 Å². The van der Waals surface area contributed by atoms with Crippen LogP contribution in [-0.4, -0.2) is 39.4 Å². The first-order valence-electron chi connectivity index (χ1n) is 7.32. The fraction of sp³-hybridized carbons (Fsp3) is 0.438. The van der Waals surface area contributed by atoms with Crippen LogP contribution in [0.3, 0.4) is 0 Å². The fourth-order valence-electron chi connectivity index (χ4n) is 2.98. The molecule has 1 aromatic heterocycles. The summed E-state index contributed by atoms with van der Waals surface area (Å²) in [6.45, 7) is 5.84. The smallest absolute Gasteiger partial charge is 0.131 e. The number of aliphatic hydroxyl groups excluding tert-OH is 1. The van der Waals surface area contributed by atoms with Crippen LogP contribution < -0.4 is 0 Å². The Morgan fingerprint density at radius 3 is 2.59 bits per heavy atom. The van der Waals surface area contributed by atoms with Crippen LogP contribution in [0.4, 0.5) is 8.78 Å². The number of nitrogens with zero attached hydrogens (tertiary/aromatic N) is 3. The fourth-order valence-corrected chi connectivity index (χ4v) is 2.98. The first kappa shape index (κ1) is 15.1. The number of β-amino-alcohol motifs (C(OH)–C–C–N with tert-alkyl or cyclic N) is 1. The van der Waals surface area contributed by atoms with Gasteiger partial charge in [0.15, 0.2) is 0 Å². The van der Waals surface area contributed by atoms with Crippen molar-refractivity contribution in [3.63, 3.8) is 0 Å². The molecular weight excluding hydrogens is 288 g/mol. The van der Waals surface area contributed by atoms with Gasteiger partial charge in [0.25, 0.3) is 0 Å². The van der Waals surface area contributed by atoms with Crippen molar-refractivity contribution in [2.75, 3.05) is 19.6 Å². The summed E-state index contributed by atoms with van der Waals surface area (Å²) in [7, 11) is 0. The molecule has 1 aliphatic rings. The second kappa shape index (κ2) is 5.78. The normalized spacial score (nSPS) is 17.5. The van der Waals surface area contributed by atoms with Gasteiger partial charge >= 0.3 is 0 Å². The van der Waals surface area contributed by atoms with Crippen molar-refractivity contribution in [2.24, 2.45) is 0 Å². The summed E-state index contributed by atoms with van der Waals surface area (Å²) in [6, 6.07) is 5.59. The van der Waals surface area contributed by atoms with E-state index in [1.54, 1.807) is 0 Å². The van der Waals surface area contributed by atoms with Gasteiger partial charge in [0, 0.05) is 37.0 Å². The van der Waals surface area contributed by atoms with Crippen molar-refractivity contribution in [3.8, 4) is 0 Å². The summed E-state index contributed by atoms with van der Waals surface area (Å²) >= 11 is 0. The Balaban J connectivity index is 1.58. The molecular formula is C16H19F2N3O. The first-order valence-corrected chi connectivity index (χ1v) is 7.32. The van der Waals surface area contributed by atoms with Crippen LogP contribution in [0.2, 0.25) is 0 Å². The Labute approximate surface area is 128 Å². The maximum absolute atomic E-state index is 13.6. The van der Waals surface area contributed by atoms with Gasteiger partial charge in [-0.1, -0.05) is 6.07 Å². The van der Waals surface area contributed by atoms with Crippen molar-refractivity contribution < 1.29 is 13.9 Å². The second-order valence-corrected chi connectivity index (χ2v) is 5.93. The number of hydrogen-bond donors (Lipinski definition) is 1. The van der Waals surface area contributed by atoms with Gasteiger partial charge in [-0.2, -0.15) is 5.10 Å². The summed E-state index contributed by atoms with van der Waals surface area (Å²) in [4.78, 5) is 2.04. The molecule has 1 saturated heterocycles. The average Bonchev–Trinajstić information content (AvgIpc) is 2.71. The minimum absolute atomic E-state index is 0.135. The monoisotopic (exact) mass is 307 g/mol. The van der Waals surface area contributed by atoms with E-state index in [4.69, 9.17) is 0 Å². The molecule has 22 heavy (non-hydrogen) atoms. The van der Waals surface area contributed by atoms with Gasteiger partial charge in [0.05, 0.1) is 17.8 Å². The average molecular weight is 307 g/mol. The number of likely N-dealkylation sites (tertiary alicyclic amines) is 1. The maximum Gasteiger partial charge on any atom is 0.131 e. The van der Waals surface area contributed by atoms with Crippen molar-refractivity contribution in [3.05, 3.63) is 52.9 Å². The van der Waals surface area contributed by atoms with E-state index in [0.29, 0.717) is 12.6 Å². The van der Waals surface area contributed by atoms with E-state index in [1.165, 1.54) is 6.07 Å². The maximum atomic E-state index is 13.6. The topological polar surface area (TPSA) is 41.3 Å². The number of aromatic nitrogens is 2. The molecule has 2 aromatic rings. The highest BCUT2D eigenvalue weighted by atomic mass is 19.1. The predicted octanol–water partition coefficient (Wildman–Crippen LogP) is 2.37. The summed E-state index contributed by atoms with van der Waals surface area (Å²) in [6.07, 6.45) is -0.956. The molecule has 1 unspecified atom stereocenters.